The first-order valence-electron chi connectivity index (χ1n) is 6.13. The van der Waals surface area contributed by atoms with Gasteiger partial charge in [0.05, 0.1) is 13.2 Å². The highest BCUT2D eigenvalue weighted by Gasteiger charge is 2.29. The third kappa shape index (κ3) is 4.36. The molecular weight excluding hydrogens is 216 g/mol. The van der Waals surface area contributed by atoms with Gasteiger partial charge in [0, 0.05) is 20.0 Å². The van der Waals surface area contributed by atoms with E-state index in [1.165, 1.54) is 0 Å². The van der Waals surface area contributed by atoms with Gasteiger partial charge in [-0.05, 0) is 12.1 Å². The van der Waals surface area contributed by atoms with Crippen molar-refractivity contribution in [3.63, 3.8) is 0 Å². The van der Waals surface area contributed by atoms with Gasteiger partial charge in [-0.15, -0.1) is 0 Å². The van der Waals surface area contributed by atoms with Crippen molar-refractivity contribution in [3.05, 3.63) is 30.3 Å². The minimum Gasteiger partial charge on any atom is -0.462 e. The maximum absolute atomic E-state index is 5.97. The quantitative estimate of drug-likeness (QED) is 0.514. The van der Waals surface area contributed by atoms with Crippen LogP contribution in [0.1, 0.15) is 26.7 Å². The number of hydrogen-bond donors (Lipinski definition) is 0. The summed E-state index contributed by atoms with van der Waals surface area (Å²) in [6.45, 7) is 5.27. The van der Waals surface area contributed by atoms with Crippen molar-refractivity contribution in [1.29, 1.82) is 0 Å². The summed E-state index contributed by atoms with van der Waals surface area (Å²) in [5, 5.41) is 0. The normalized spacial score (nSPS) is 11.5. The van der Waals surface area contributed by atoms with Crippen LogP contribution >= 0.6 is 0 Å². The largest absolute Gasteiger partial charge is 0.462 e. The molecule has 0 aliphatic heterocycles. The molecular formula is C14H22O3. The Morgan fingerprint density at radius 3 is 2.18 bits per heavy atom. The van der Waals surface area contributed by atoms with Crippen LogP contribution in [0.4, 0.5) is 0 Å². The van der Waals surface area contributed by atoms with E-state index in [9.17, 15) is 0 Å². The molecule has 0 saturated heterocycles. The molecule has 3 heteroatoms. The second-order valence-electron chi connectivity index (χ2n) is 3.87. The first kappa shape index (κ1) is 14.0. The first-order valence-corrected chi connectivity index (χ1v) is 6.13. The fourth-order valence-corrected chi connectivity index (χ4v) is 1.64. The van der Waals surface area contributed by atoms with Crippen LogP contribution < -0.4 is 4.74 Å². The van der Waals surface area contributed by atoms with Gasteiger partial charge in [-0.3, -0.25) is 0 Å². The third-order valence-corrected chi connectivity index (χ3v) is 2.78. The number of methoxy groups -OCH3 is 1. The topological polar surface area (TPSA) is 27.7 Å². The Labute approximate surface area is 104 Å². The summed E-state index contributed by atoms with van der Waals surface area (Å²) >= 11 is 0. The highest BCUT2D eigenvalue weighted by Crippen LogP contribution is 2.25. The lowest BCUT2D eigenvalue weighted by Crippen LogP contribution is -2.39. The highest BCUT2D eigenvalue weighted by atomic mass is 16.7. The zero-order valence-corrected chi connectivity index (χ0v) is 10.9. The van der Waals surface area contributed by atoms with E-state index in [-0.39, 0.29) is 0 Å². The van der Waals surface area contributed by atoms with Crippen LogP contribution in [0.5, 0.6) is 5.75 Å². The van der Waals surface area contributed by atoms with Crippen LogP contribution in [0, 0.1) is 0 Å². The molecule has 0 spiro atoms. The summed E-state index contributed by atoms with van der Waals surface area (Å²) < 4.78 is 16.8. The zero-order valence-electron chi connectivity index (χ0n) is 10.9. The van der Waals surface area contributed by atoms with Gasteiger partial charge in [0.25, 0.3) is 0 Å². The van der Waals surface area contributed by atoms with Gasteiger partial charge >= 0.3 is 0 Å². The lowest BCUT2D eigenvalue weighted by atomic mass is 10.1. The van der Waals surface area contributed by atoms with Crippen LogP contribution in [-0.4, -0.2) is 26.1 Å². The van der Waals surface area contributed by atoms with Crippen molar-refractivity contribution in [2.24, 2.45) is 0 Å². The van der Waals surface area contributed by atoms with E-state index in [4.69, 9.17) is 14.2 Å². The predicted octanol–water partition coefficient (Wildman–Crippen LogP) is 3.24. The second-order valence-corrected chi connectivity index (χ2v) is 3.87. The van der Waals surface area contributed by atoms with Crippen LogP contribution in [-0.2, 0) is 9.47 Å². The average molecular weight is 238 g/mol. The molecule has 0 amide bonds. The number of hydrogen-bond acceptors (Lipinski definition) is 3. The van der Waals surface area contributed by atoms with Crippen molar-refractivity contribution in [3.8, 4) is 5.75 Å². The van der Waals surface area contributed by atoms with Crippen molar-refractivity contribution >= 4 is 0 Å². The molecule has 0 aliphatic carbocycles. The molecule has 1 aromatic carbocycles. The van der Waals surface area contributed by atoms with Crippen molar-refractivity contribution in [1.82, 2.24) is 0 Å². The molecule has 0 aliphatic rings. The highest BCUT2D eigenvalue weighted by molar-refractivity contribution is 5.21. The number of ether oxygens (including phenoxy) is 3. The molecule has 0 heterocycles. The van der Waals surface area contributed by atoms with Crippen molar-refractivity contribution in [2.45, 2.75) is 32.5 Å². The van der Waals surface area contributed by atoms with Gasteiger partial charge in [0.15, 0.2) is 0 Å². The fraction of sp³-hybridized carbons (Fsp3) is 0.571. The van der Waals surface area contributed by atoms with Crippen molar-refractivity contribution < 1.29 is 14.2 Å². The molecule has 17 heavy (non-hydrogen) atoms. The molecule has 0 saturated carbocycles. The smallest absolute Gasteiger partial charge is 0.210 e. The van der Waals surface area contributed by atoms with Crippen molar-refractivity contribution in [2.75, 3.05) is 20.3 Å². The molecule has 3 nitrogen and oxygen atoms in total. The summed E-state index contributed by atoms with van der Waals surface area (Å²) in [6, 6.07) is 9.78. The summed E-state index contributed by atoms with van der Waals surface area (Å²) in [5.41, 5.74) is 0. The van der Waals surface area contributed by atoms with Gasteiger partial charge < -0.3 is 14.2 Å². The maximum atomic E-state index is 5.97. The van der Waals surface area contributed by atoms with E-state index >= 15 is 0 Å². The molecule has 0 atom stereocenters. The van der Waals surface area contributed by atoms with E-state index in [1.807, 2.05) is 30.3 Å². The van der Waals surface area contributed by atoms with E-state index in [2.05, 4.69) is 13.8 Å². The Kier molecular flexibility index (Phi) is 6.01. The average Bonchev–Trinajstić information content (AvgIpc) is 2.39. The third-order valence-electron chi connectivity index (χ3n) is 2.78. The fourth-order valence-electron chi connectivity index (χ4n) is 1.64. The molecule has 0 N–H and O–H groups in total. The molecule has 0 fully saturated rings. The van der Waals surface area contributed by atoms with E-state index < -0.39 is 5.79 Å². The predicted molar refractivity (Wildman–Crippen MR) is 68.2 cm³/mol. The van der Waals surface area contributed by atoms with Crippen LogP contribution in [0.15, 0.2) is 30.3 Å². The monoisotopic (exact) mass is 238 g/mol. The summed E-state index contributed by atoms with van der Waals surface area (Å²) in [7, 11) is 1.67. The summed E-state index contributed by atoms with van der Waals surface area (Å²) in [6.07, 6.45) is 1.62. The summed E-state index contributed by atoms with van der Waals surface area (Å²) in [5.74, 6) is 0.300. The van der Waals surface area contributed by atoms with Gasteiger partial charge in [0.1, 0.15) is 5.75 Å². The number of benzene rings is 1. The van der Waals surface area contributed by atoms with Gasteiger partial charge in [-0.2, -0.15) is 0 Å². The molecule has 0 bridgehead atoms. The van der Waals surface area contributed by atoms with E-state index in [0.717, 1.165) is 18.6 Å². The Balaban J connectivity index is 2.63. The minimum atomic E-state index is -0.542. The molecule has 1 rings (SSSR count). The lowest BCUT2D eigenvalue weighted by molar-refractivity contribution is -0.192. The molecule has 0 unspecified atom stereocenters. The number of rotatable bonds is 8. The second kappa shape index (κ2) is 7.30. The number of para-hydroxylation sites is 1. The van der Waals surface area contributed by atoms with E-state index in [0.29, 0.717) is 13.2 Å². The standard InChI is InChI=1S/C14H22O3/c1-4-14(5-2,16-12-11-15-3)17-13-9-7-6-8-10-13/h6-10H,4-5,11-12H2,1-3H3. The Morgan fingerprint density at radius 1 is 1.00 bits per heavy atom. The van der Waals surface area contributed by atoms with Crippen LogP contribution in [0.25, 0.3) is 0 Å². The van der Waals surface area contributed by atoms with E-state index in [1.54, 1.807) is 7.11 Å². The molecule has 0 radical (unpaired) electrons. The first-order chi connectivity index (χ1) is 8.26. The Morgan fingerprint density at radius 2 is 1.65 bits per heavy atom. The molecule has 1 aromatic rings. The molecule has 0 aromatic heterocycles. The lowest BCUT2D eigenvalue weighted by Gasteiger charge is -2.32. The molecule has 96 valence electrons. The minimum absolute atomic E-state index is 0.542. The Bertz CT molecular complexity index is 294. The van der Waals surface area contributed by atoms with Crippen LogP contribution in [0.2, 0.25) is 0 Å². The maximum Gasteiger partial charge on any atom is 0.210 e. The van der Waals surface area contributed by atoms with Gasteiger partial charge in [0.2, 0.25) is 5.79 Å². The zero-order chi connectivity index (χ0) is 12.6. The van der Waals surface area contributed by atoms with Gasteiger partial charge in [-0.25, -0.2) is 0 Å². The van der Waals surface area contributed by atoms with Gasteiger partial charge in [-0.1, -0.05) is 32.0 Å². The van der Waals surface area contributed by atoms with Crippen LogP contribution in [0.3, 0.4) is 0 Å². The SMILES string of the molecule is CCC(CC)(OCCOC)Oc1ccccc1. The summed E-state index contributed by atoms with van der Waals surface area (Å²) in [4.78, 5) is 0. The Hall–Kier alpha value is -1.06.